The quantitative estimate of drug-likeness (QED) is 0.709. The summed E-state index contributed by atoms with van der Waals surface area (Å²) in [6.45, 7) is 0. The third-order valence-electron chi connectivity index (χ3n) is 2.11. The van der Waals surface area contributed by atoms with Crippen LogP contribution >= 0.6 is 11.6 Å². The SMILES string of the molecule is NC1CS(=O)(=O)c2c(Cl)cccc21. The summed E-state index contributed by atoms with van der Waals surface area (Å²) in [5.41, 5.74) is 6.28. The molecule has 0 bridgehead atoms. The van der Waals surface area contributed by atoms with Crippen LogP contribution in [0.3, 0.4) is 0 Å². The Kier molecular flexibility index (Phi) is 1.87. The van der Waals surface area contributed by atoms with Crippen LogP contribution in [-0.4, -0.2) is 14.2 Å². The maximum atomic E-state index is 11.5. The Hall–Kier alpha value is -0.580. The van der Waals surface area contributed by atoms with Crippen LogP contribution in [0.2, 0.25) is 5.02 Å². The molecule has 5 heteroatoms. The van der Waals surface area contributed by atoms with Crippen LogP contribution in [0.1, 0.15) is 11.6 Å². The summed E-state index contributed by atoms with van der Waals surface area (Å²) in [6, 6.07) is 4.55. The Balaban J connectivity index is 2.81. The van der Waals surface area contributed by atoms with E-state index in [0.717, 1.165) is 0 Å². The molecule has 0 spiro atoms. The minimum atomic E-state index is -3.24. The molecule has 1 aliphatic rings. The smallest absolute Gasteiger partial charge is 0.182 e. The number of benzene rings is 1. The third-order valence-corrected chi connectivity index (χ3v) is 4.41. The largest absolute Gasteiger partial charge is 0.323 e. The van der Waals surface area contributed by atoms with Crippen molar-refractivity contribution >= 4 is 21.4 Å². The van der Waals surface area contributed by atoms with Gasteiger partial charge in [-0.15, -0.1) is 0 Å². The lowest BCUT2D eigenvalue weighted by atomic mass is 10.1. The molecule has 2 rings (SSSR count). The van der Waals surface area contributed by atoms with Gasteiger partial charge in [-0.25, -0.2) is 8.42 Å². The van der Waals surface area contributed by atoms with E-state index in [0.29, 0.717) is 5.56 Å². The molecule has 1 unspecified atom stereocenters. The standard InChI is InChI=1S/C8H8ClNO2S/c9-6-3-1-2-5-7(10)4-13(11,12)8(5)6/h1-3,7H,4,10H2. The molecule has 3 nitrogen and oxygen atoms in total. The molecule has 0 saturated heterocycles. The summed E-state index contributed by atoms with van der Waals surface area (Å²) in [4.78, 5) is 0.212. The molecular weight excluding hydrogens is 210 g/mol. The number of rotatable bonds is 0. The molecule has 0 aliphatic carbocycles. The van der Waals surface area contributed by atoms with Crippen molar-refractivity contribution in [1.29, 1.82) is 0 Å². The second-order valence-corrected chi connectivity index (χ2v) is 5.42. The molecule has 1 aliphatic heterocycles. The van der Waals surface area contributed by atoms with Gasteiger partial charge in [0.1, 0.15) is 0 Å². The highest BCUT2D eigenvalue weighted by Gasteiger charge is 2.34. The Bertz CT molecular complexity index is 455. The number of nitrogens with two attached hydrogens (primary N) is 1. The summed E-state index contributed by atoms with van der Waals surface area (Å²) >= 11 is 5.78. The van der Waals surface area contributed by atoms with Crippen molar-refractivity contribution in [3.8, 4) is 0 Å². The van der Waals surface area contributed by atoms with Crippen molar-refractivity contribution in [2.45, 2.75) is 10.9 Å². The van der Waals surface area contributed by atoms with E-state index >= 15 is 0 Å². The molecule has 1 heterocycles. The minimum absolute atomic E-state index is 0.0356. The molecule has 0 aromatic heterocycles. The van der Waals surface area contributed by atoms with Gasteiger partial charge < -0.3 is 5.73 Å². The summed E-state index contributed by atoms with van der Waals surface area (Å²) in [7, 11) is -3.24. The van der Waals surface area contributed by atoms with Gasteiger partial charge in [-0.1, -0.05) is 23.7 Å². The van der Waals surface area contributed by atoms with Gasteiger partial charge in [0.25, 0.3) is 0 Å². The van der Waals surface area contributed by atoms with Crippen molar-refractivity contribution in [2.75, 3.05) is 5.75 Å². The Labute approximate surface area is 81.4 Å². The van der Waals surface area contributed by atoms with Gasteiger partial charge in [0.2, 0.25) is 0 Å². The van der Waals surface area contributed by atoms with Crippen molar-refractivity contribution in [2.24, 2.45) is 5.73 Å². The lowest BCUT2D eigenvalue weighted by Gasteiger charge is -2.01. The first kappa shape index (κ1) is 8.99. The highest BCUT2D eigenvalue weighted by Crippen LogP contribution is 2.36. The van der Waals surface area contributed by atoms with Crippen molar-refractivity contribution < 1.29 is 8.42 Å². The lowest BCUT2D eigenvalue weighted by Crippen LogP contribution is -2.11. The zero-order valence-electron chi connectivity index (χ0n) is 6.70. The molecule has 1 aromatic rings. The van der Waals surface area contributed by atoms with Gasteiger partial charge in [0.15, 0.2) is 9.84 Å². The Morgan fingerprint density at radius 3 is 2.77 bits per heavy atom. The van der Waals surface area contributed by atoms with Crippen LogP contribution in [0, 0.1) is 0 Å². The van der Waals surface area contributed by atoms with Crippen LogP contribution in [0.25, 0.3) is 0 Å². The predicted octanol–water partition coefficient (Wildman–Crippen LogP) is 1.13. The fourth-order valence-corrected chi connectivity index (χ4v) is 3.85. The molecule has 70 valence electrons. The van der Waals surface area contributed by atoms with Crippen LogP contribution in [-0.2, 0) is 9.84 Å². The summed E-state index contributed by atoms with van der Waals surface area (Å²) in [5, 5.41) is 0.269. The number of halogens is 1. The second kappa shape index (κ2) is 2.70. The van der Waals surface area contributed by atoms with E-state index in [9.17, 15) is 8.42 Å². The molecule has 2 N–H and O–H groups in total. The molecular formula is C8H8ClNO2S. The van der Waals surface area contributed by atoms with E-state index in [-0.39, 0.29) is 15.7 Å². The van der Waals surface area contributed by atoms with E-state index in [1.807, 2.05) is 0 Å². The van der Waals surface area contributed by atoms with E-state index in [1.54, 1.807) is 18.2 Å². The predicted molar refractivity (Wildman–Crippen MR) is 50.4 cm³/mol. The van der Waals surface area contributed by atoms with E-state index in [4.69, 9.17) is 17.3 Å². The fraction of sp³-hybridized carbons (Fsp3) is 0.250. The first-order valence-corrected chi connectivity index (χ1v) is 5.82. The first-order valence-electron chi connectivity index (χ1n) is 3.79. The number of hydrogen-bond donors (Lipinski definition) is 1. The topological polar surface area (TPSA) is 60.2 Å². The summed E-state index contributed by atoms with van der Waals surface area (Å²) in [5.74, 6) is -0.0356. The minimum Gasteiger partial charge on any atom is -0.323 e. The van der Waals surface area contributed by atoms with Gasteiger partial charge in [-0.05, 0) is 11.6 Å². The maximum absolute atomic E-state index is 11.5. The first-order chi connectivity index (χ1) is 6.02. The molecule has 0 radical (unpaired) electrons. The van der Waals surface area contributed by atoms with Crippen LogP contribution < -0.4 is 5.73 Å². The third kappa shape index (κ3) is 1.25. The van der Waals surface area contributed by atoms with Crippen molar-refractivity contribution in [3.63, 3.8) is 0 Å². The Morgan fingerprint density at radius 2 is 2.15 bits per heavy atom. The molecule has 1 aromatic carbocycles. The molecule has 0 saturated carbocycles. The summed E-state index contributed by atoms with van der Waals surface area (Å²) in [6.07, 6.45) is 0. The normalized spacial score (nSPS) is 24.3. The van der Waals surface area contributed by atoms with Crippen LogP contribution in [0.4, 0.5) is 0 Å². The molecule has 13 heavy (non-hydrogen) atoms. The van der Waals surface area contributed by atoms with Gasteiger partial charge in [0, 0.05) is 6.04 Å². The lowest BCUT2D eigenvalue weighted by molar-refractivity contribution is 0.598. The van der Waals surface area contributed by atoms with Gasteiger partial charge in [-0.2, -0.15) is 0 Å². The molecule has 1 atom stereocenters. The second-order valence-electron chi connectivity index (χ2n) is 3.05. The average Bonchev–Trinajstić information content (AvgIpc) is 2.24. The van der Waals surface area contributed by atoms with Crippen LogP contribution in [0.15, 0.2) is 23.1 Å². The monoisotopic (exact) mass is 217 g/mol. The zero-order chi connectivity index (χ0) is 9.64. The average molecular weight is 218 g/mol. The van der Waals surface area contributed by atoms with Crippen molar-refractivity contribution in [3.05, 3.63) is 28.8 Å². The highest BCUT2D eigenvalue weighted by molar-refractivity contribution is 7.92. The van der Waals surface area contributed by atoms with Gasteiger partial charge in [0.05, 0.1) is 15.7 Å². The van der Waals surface area contributed by atoms with Crippen LogP contribution in [0.5, 0.6) is 0 Å². The molecule has 0 fully saturated rings. The Morgan fingerprint density at radius 1 is 1.46 bits per heavy atom. The fourth-order valence-electron chi connectivity index (χ4n) is 1.56. The number of hydrogen-bond acceptors (Lipinski definition) is 3. The van der Waals surface area contributed by atoms with E-state index < -0.39 is 15.9 Å². The number of fused-ring (bicyclic) bond motifs is 1. The maximum Gasteiger partial charge on any atom is 0.182 e. The van der Waals surface area contributed by atoms with Gasteiger partial charge >= 0.3 is 0 Å². The summed E-state index contributed by atoms with van der Waals surface area (Å²) < 4.78 is 23.0. The van der Waals surface area contributed by atoms with Gasteiger partial charge in [-0.3, -0.25) is 0 Å². The number of sulfone groups is 1. The highest BCUT2D eigenvalue weighted by atomic mass is 35.5. The van der Waals surface area contributed by atoms with E-state index in [2.05, 4.69) is 0 Å². The molecule has 0 amide bonds. The zero-order valence-corrected chi connectivity index (χ0v) is 8.27. The van der Waals surface area contributed by atoms with E-state index in [1.165, 1.54) is 0 Å². The van der Waals surface area contributed by atoms with Crippen molar-refractivity contribution in [1.82, 2.24) is 0 Å².